The van der Waals surface area contributed by atoms with Crippen LogP contribution in [0, 0.1) is 17.2 Å². The minimum Gasteiger partial charge on any atom is -0.494 e. The molecule has 2 aromatic rings. The van der Waals surface area contributed by atoms with Crippen LogP contribution in [0.15, 0.2) is 42.5 Å². The number of hydrogen-bond donors (Lipinski definition) is 1. The number of unbranched alkanes of at least 4 members (excludes halogenated alkanes) is 1. The van der Waals surface area contributed by atoms with Crippen LogP contribution >= 0.6 is 0 Å². The van der Waals surface area contributed by atoms with Crippen molar-refractivity contribution in [3.05, 3.63) is 53.6 Å². The Balaban J connectivity index is 1.03. The maximum atomic E-state index is 11.9. The maximum Gasteiger partial charge on any atom is 0.228 e. The van der Waals surface area contributed by atoms with Crippen molar-refractivity contribution in [2.45, 2.75) is 25.2 Å². The van der Waals surface area contributed by atoms with E-state index in [1.807, 2.05) is 36.4 Å². The maximum absolute atomic E-state index is 11.9. The number of para-hydroxylation sites is 1. The fourth-order valence-corrected chi connectivity index (χ4v) is 4.79. The molecule has 160 valence electrons. The van der Waals surface area contributed by atoms with Gasteiger partial charge in [-0.1, -0.05) is 18.2 Å². The molecule has 2 aliphatic heterocycles. The molecular formula is C25H28N4O2. The number of benzene rings is 2. The summed E-state index contributed by atoms with van der Waals surface area (Å²) < 4.78 is 5.94. The van der Waals surface area contributed by atoms with Crippen LogP contribution in [0.25, 0.3) is 0 Å². The van der Waals surface area contributed by atoms with E-state index in [4.69, 9.17) is 4.74 Å². The number of carbonyl (C=O) groups is 1. The van der Waals surface area contributed by atoms with Crippen molar-refractivity contribution >= 4 is 17.3 Å². The smallest absolute Gasteiger partial charge is 0.228 e. The van der Waals surface area contributed by atoms with E-state index < -0.39 is 0 Å². The zero-order valence-corrected chi connectivity index (χ0v) is 17.7. The van der Waals surface area contributed by atoms with Crippen molar-refractivity contribution in [3.63, 3.8) is 0 Å². The number of piperazine rings is 1. The summed E-state index contributed by atoms with van der Waals surface area (Å²) in [5.41, 5.74) is 3.99. The van der Waals surface area contributed by atoms with Crippen LogP contribution in [-0.2, 0) is 4.79 Å². The molecule has 31 heavy (non-hydrogen) atoms. The van der Waals surface area contributed by atoms with Gasteiger partial charge in [0.1, 0.15) is 11.8 Å². The van der Waals surface area contributed by atoms with Crippen LogP contribution in [0.2, 0.25) is 0 Å². The average Bonchev–Trinajstić information content (AvgIpc) is 3.61. The van der Waals surface area contributed by atoms with Crippen LogP contribution in [-0.4, -0.2) is 50.1 Å². The molecule has 1 amide bonds. The second-order valence-corrected chi connectivity index (χ2v) is 8.70. The van der Waals surface area contributed by atoms with Gasteiger partial charge in [-0.3, -0.25) is 9.69 Å². The summed E-state index contributed by atoms with van der Waals surface area (Å²) in [6, 6.07) is 16.3. The number of rotatable bonds is 7. The zero-order chi connectivity index (χ0) is 21.2. The van der Waals surface area contributed by atoms with Crippen LogP contribution in [0.4, 0.5) is 11.4 Å². The number of nitrogens with one attached hydrogen (secondary N) is 1. The van der Waals surface area contributed by atoms with Crippen molar-refractivity contribution < 1.29 is 9.53 Å². The van der Waals surface area contributed by atoms with E-state index in [0.717, 1.165) is 74.7 Å². The molecule has 2 heterocycles. The Kier molecular flexibility index (Phi) is 5.52. The van der Waals surface area contributed by atoms with E-state index in [-0.39, 0.29) is 11.8 Å². The minimum absolute atomic E-state index is 0.158. The first-order valence-corrected chi connectivity index (χ1v) is 11.3. The molecule has 1 N–H and O–H groups in total. The zero-order valence-electron chi connectivity index (χ0n) is 17.7. The molecule has 5 rings (SSSR count). The van der Waals surface area contributed by atoms with Crippen LogP contribution in [0.5, 0.6) is 5.75 Å². The molecule has 1 saturated heterocycles. The highest BCUT2D eigenvalue weighted by Crippen LogP contribution is 2.53. The van der Waals surface area contributed by atoms with Gasteiger partial charge in [0.25, 0.3) is 0 Å². The summed E-state index contributed by atoms with van der Waals surface area (Å²) in [5.74, 6) is 1.61. The normalized spacial score (nSPS) is 22.2. The quantitative estimate of drug-likeness (QED) is 0.699. The molecule has 1 aliphatic carbocycles. The van der Waals surface area contributed by atoms with Crippen molar-refractivity contribution in [1.82, 2.24) is 4.90 Å². The Morgan fingerprint density at radius 3 is 2.74 bits per heavy atom. The van der Waals surface area contributed by atoms with Crippen molar-refractivity contribution in [3.8, 4) is 11.8 Å². The molecule has 0 radical (unpaired) electrons. The molecule has 2 aromatic carbocycles. The van der Waals surface area contributed by atoms with E-state index in [1.54, 1.807) is 0 Å². The van der Waals surface area contributed by atoms with Crippen LogP contribution in [0.3, 0.4) is 0 Å². The third kappa shape index (κ3) is 4.24. The molecular weight excluding hydrogens is 388 g/mol. The first-order valence-electron chi connectivity index (χ1n) is 11.3. The molecule has 1 saturated carbocycles. The standard InChI is InChI=1S/C25H28N4O2/c26-17-18-5-1-2-6-24(18)29-12-10-28(11-13-29)9-3-4-14-31-19-7-8-20-21-16-22(21)25(30)27-23(20)15-19/h1-2,5-8,15,21-22H,3-4,9-14,16H2,(H,27,30). The highest BCUT2D eigenvalue weighted by molar-refractivity contribution is 5.99. The lowest BCUT2D eigenvalue weighted by Crippen LogP contribution is -2.46. The van der Waals surface area contributed by atoms with Gasteiger partial charge in [-0.05, 0) is 55.5 Å². The van der Waals surface area contributed by atoms with Crippen molar-refractivity contribution in [2.24, 2.45) is 5.92 Å². The molecule has 3 aliphatic rings. The number of anilines is 2. The highest BCUT2D eigenvalue weighted by Gasteiger charge is 2.48. The van der Waals surface area contributed by atoms with Gasteiger partial charge in [-0.25, -0.2) is 0 Å². The van der Waals surface area contributed by atoms with E-state index in [9.17, 15) is 10.1 Å². The number of amides is 1. The van der Waals surface area contributed by atoms with Gasteiger partial charge in [-0.15, -0.1) is 0 Å². The van der Waals surface area contributed by atoms with Crippen LogP contribution < -0.4 is 15.0 Å². The second kappa shape index (κ2) is 8.60. The first kappa shape index (κ1) is 19.9. The molecule has 0 aromatic heterocycles. The van der Waals surface area contributed by atoms with Gasteiger partial charge in [0.15, 0.2) is 0 Å². The number of ether oxygens (including phenoxy) is 1. The van der Waals surface area contributed by atoms with Gasteiger partial charge in [0.05, 0.1) is 17.9 Å². The molecule has 6 heteroatoms. The van der Waals surface area contributed by atoms with Gasteiger partial charge in [0.2, 0.25) is 5.91 Å². The molecule has 0 spiro atoms. The first-order chi connectivity index (χ1) is 15.2. The molecule has 2 fully saturated rings. The third-order valence-corrected chi connectivity index (χ3v) is 6.68. The SMILES string of the molecule is N#Cc1ccccc1N1CCN(CCCCOc2ccc3c(c2)NC(=O)C2CC32)CC1. The highest BCUT2D eigenvalue weighted by atomic mass is 16.5. The van der Waals surface area contributed by atoms with E-state index in [1.165, 1.54) is 5.56 Å². The minimum atomic E-state index is 0.158. The van der Waals surface area contributed by atoms with Crippen molar-refractivity contribution in [1.29, 1.82) is 5.26 Å². The van der Waals surface area contributed by atoms with Gasteiger partial charge in [-0.2, -0.15) is 5.26 Å². The fourth-order valence-electron chi connectivity index (χ4n) is 4.79. The lowest BCUT2D eigenvalue weighted by Gasteiger charge is -2.36. The summed E-state index contributed by atoms with van der Waals surface area (Å²) in [4.78, 5) is 16.7. The number of hydrogen-bond acceptors (Lipinski definition) is 5. The van der Waals surface area contributed by atoms with E-state index >= 15 is 0 Å². The molecule has 6 nitrogen and oxygen atoms in total. The van der Waals surface area contributed by atoms with Gasteiger partial charge < -0.3 is 15.0 Å². The predicted octanol–water partition coefficient (Wildman–Crippen LogP) is 3.60. The number of carbonyl (C=O) groups excluding carboxylic acids is 1. The van der Waals surface area contributed by atoms with Gasteiger partial charge >= 0.3 is 0 Å². The van der Waals surface area contributed by atoms with Crippen LogP contribution in [0.1, 0.15) is 36.3 Å². The second-order valence-electron chi connectivity index (χ2n) is 8.70. The Bertz CT molecular complexity index is 1010. The Hall–Kier alpha value is -3.04. The summed E-state index contributed by atoms with van der Waals surface area (Å²) in [5, 5.41) is 12.3. The lowest BCUT2D eigenvalue weighted by molar-refractivity contribution is -0.117. The average molecular weight is 417 g/mol. The fraction of sp³-hybridized carbons (Fsp3) is 0.440. The Labute approximate surface area is 183 Å². The summed E-state index contributed by atoms with van der Waals surface area (Å²) in [7, 11) is 0. The molecule has 2 atom stereocenters. The van der Waals surface area contributed by atoms with E-state index in [2.05, 4.69) is 27.3 Å². The Morgan fingerprint density at radius 1 is 1.06 bits per heavy atom. The molecule has 0 bridgehead atoms. The number of nitrogens with zero attached hydrogens (tertiary/aromatic N) is 3. The molecule has 2 unspecified atom stereocenters. The van der Waals surface area contributed by atoms with Crippen molar-refractivity contribution in [2.75, 3.05) is 49.5 Å². The number of nitriles is 1. The lowest BCUT2D eigenvalue weighted by atomic mass is 10.0. The van der Waals surface area contributed by atoms with Gasteiger partial charge in [0, 0.05) is 43.9 Å². The topological polar surface area (TPSA) is 68.6 Å². The monoisotopic (exact) mass is 416 g/mol. The number of fused-ring (bicyclic) bond motifs is 3. The Morgan fingerprint density at radius 2 is 1.90 bits per heavy atom. The van der Waals surface area contributed by atoms with E-state index in [0.29, 0.717) is 12.5 Å². The summed E-state index contributed by atoms with van der Waals surface area (Å²) >= 11 is 0. The summed E-state index contributed by atoms with van der Waals surface area (Å²) in [6.45, 7) is 5.71. The largest absolute Gasteiger partial charge is 0.494 e. The predicted molar refractivity (Wildman–Crippen MR) is 120 cm³/mol. The third-order valence-electron chi connectivity index (χ3n) is 6.68. The summed E-state index contributed by atoms with van der Waals surface area (Å²) in [6.07, 6.45) is 3.09.